The average molecular weight is 560 g/mol. The van der Waals surface area contributed by atoms with Crippen molar-refractivity contribution in [1.29, 1.82) is 0 Å². The van der Waals surface area contributed by atoms with Crippen LogP contribution < -0.4 is 3.11 Å². The van der Waals surface area contributed by atoms with Crippen LogP contribution in [0.25, 0.3) is 22.5 Å². The van der Waals surface area contributed by atoms with Crippen molar-refractivity contribution in [2.24, 2.45) is 7.05 Å². The molecule has 32 heavy (non-hydrogen) atoms. The Morgan fingerprint density at radius 2 is 1.56 bits per heavy atom. The van der Waals surface area contributed by atoms with Gasteiger partial charge in [0.25, 0.3) is 0 Å². The molecule has 0 fully saturated rings. The third-order valence-electron chi connectivity index (χ3n) is 4.91. The minimum atomic E-state index is -3.61. The fraction of sp³-hybridized carbons (Fsp3) is 0.136. The number of nitrogens with zero attached hydrogens (tertiary/aromatic N) is 6. The lowest BCUT2D eigenvalue weighted by molar-refractivity contribution is 0.521. The van der Waals surface area contributed by atoms with Gasteiger partial charge in [-0.2, -0.15) is 4.80 Å². The molecule has 0 aliphatic carbocycles. The van der Waals surface area contributed by atoms with Crippen molar-refractivity contribution in [3.63, 3.8) is 0 Å². The maximum absolute atomic E-state index is 12.7. The minimum Gasteiger partial charge on any atom is -0.282 e. The molecule has 3 aromatic carbocycles. The second-order valence-corrected chi connectivity index (χ2v) is 10.4. The SMILES string of the molecule is CN(C)S(=O)(=O)c1ccc(N(I)c2ccc(-c3ccccc3)cc2)c(-c2nnn(C)n2)c1. The Morgan fingerprint density at radius 1 is 0.906 bits per heavy atom. The number of halogens is 1. The van der Waals surface area contributed by atoms with Gasteiger partial charge in [0.2, 0.25) is 15.8 Å². The third kappa shape index (κ3) is 4.38. The van der Waals surface area contributed by atoms with Crippen molar-refractivity contribution >= 4 is 44.3 Å². The van der Waals surface area contributed by atoms with Crippen molar-refractivity contribution in [2.75, 3.05) is 17.2 Å². The summed E-state index contributed by atoms with van der Waals surface area (Å²) in [6.07, 6.45) is 0. The van der Waals surface area contributed by atoms with E-state index in [0.717, 1.165) is 22.5 Å². The highest BCUT2D eigenvalue weighted by molar-refractivity contribution is 14.1. The zero-order chi connectivity index (χ0) is 22.9. The zero-order valence-corrected chi connectivity index (χ0v) is 20.7. The monoisotopic (exact) mass is 560 g/mol. The molecule has 0 radical (unpaired) electrons. The summed E-state index contributed by atoms with van der Waals surface area (Å²) in [5, 5.41) is 12.3. The van der Waals surface area contributed by atoms with Gasteiger partial charge in [-0.05, 0) is 46.7 Å². The summed E-state index contributed by atoms with van der Waals surface area (Å²) < 4.78 is 28.5. The molecular formula is C22H21IN6O2S. The van der Waals surface area contributed by atoms with E-state index >= 15 is 0 Å². The van der Waals surface area contributed by atoms with Crippen LogP contribution in [0.5, 0.6) is 0 Å². The molecule has 0 N–H and O–H groups in total. The molecule has 8 nitrogen and oxygen atoms in total. The van der Waals surface area contributed by atoms with Gasteiger partial charge >= 0.3 is 0 Å². The maximum atomic E-state index is 12.7. The smallest absolute Gasteiger partial charge is 0.242 e. The van der Waals surface area contributed by atoms with Crippen LogP contribution in [0.2, 0.25) is 0 Å². The molecule has 4 rings (SSSR count). The number of benzene rings is 3. The number of anilines is 2. The lowest BCUT2D eigenvalue weighted by atomic mass is 10.1. The van der Waals surface area contributed by atoms with Crippen LogP contribution >= 0.6 is 22.9 Å². The van der Waals surface area contributed by atoms with Crippen LogP contribution in [0.15, 0.2) is 77.7 Å². The molecule has 1 aromatic heterocycles. The van der Waals surface area contributed by atoms with Crippen molar-refractivity contribution < 1.29 is 8.42 Å². The van der Waals surface area contributed by atoms with Crippen LogP contribution in [0, 0.1) is 0 Å². The maximum Gasteiger partial charge on any atom is 0.242 e. The Morgan fingerprint density at radius 3 is 2.16 bits per heavy atom. The van der Waals surface area contributed by atoms with E-state index in [2.05, 4.69) is 62.5 Å². The number of rotatable bonds is 6. The molecule has 0 spiro atoms. The number of tetrazole rings is 1. The van der Waals surface area contributed by atoms with Crippen LogP contribution in [0.1, 0.15) is 0 Å². The number of aryl methyl sites for hydroxylation is 1. The topological polar surface area (TPSA) is 84.2 Å². The molecule has 0 bridgehead atoms. The Labute approximate surface area is 201 Å². The van der Waals surface area contributed by atoms with Gasteiger partial charge in [0.1, 0.15) is 0 Å². The van der Waals surface area contributed by atoms with Gasteiger partial charge in [0, 0.05) is 19.7 Å². The normalized spacial score (nSPS) is 11.7. The minimum absolute atomic E-state index is 0.165. The van der Waals surface area contributed by atoms with Crippen LogP contribution in [-0.2, 0) is 17.1 Å². The van der Waals surface area contributed by atoms with Gasteiger partial charge in [-0.3, -0.25) is 3.11 Å². The van der Waals surface area contributed by atoms with Gasteiger partial charge in [0.05, 0.1) is 46.2 Å². The fourth-order valence-electron chi connectivity index (χ4n) is 3.18. The van der Waals surface area contributed by atoms with Gasteiger partial charge in [-0.1, -0.05) is 42.5 Å². The van der Waals surface area contributed by atoms with Gasteiger partial charge in [-0.25, -0.2) is 12.7 Å². The first kappa shape index (κ1) is 22.4. The quantitative estimate of drug-likeness (QED) is 0.259. The molecule has 0 saturated carbocycles. The molecule has 0 unspecified atom stereocenters. The predicted molar refractivity (Wildman–Crippen MR) is 133 cm³/mol. The molecule has 0 aliphatic heterocycles. The van der Waals surface area contributed by atoms with Crippen molar-refractivity contribution in [1.82, 2.24) is 24.5 Å². The first-order chi connectivity index (χ1) is 15.3. The Kier molecular flexibility index (Phi) is 6.26. The van der Waals surface area contributed by atoms with Gasteiger partial charge in [-0.15, -0.1) is 10.2 Å². The molecule has 4 aromatic rings. The van der Waals surface area contributed by atoms with E-state index in [1.807, 2.05) is 33.4 Å². The first-order valence-corrected chi connectivity index (χ1v) is 12.1. The lowest BCUT2D eigenvalue weighted by Gasteiger charge is -2.21. The van der Waals surface area contributed by atoms with E-state index in [-0.39, 0.29) is 4.90 Å². The lowest BCUT2D eigenvalue weighted by Crippen LogP contribution is -2.22. The molecule has 0 amide bonds. The van der Waals surface area contributed by atoms with Crippen LogP contribution in [-0.4, -0.2) is 47.0 Å². The van der Waals surface area contributed by atoms with Gasteiger partial charge in [0.15, 0.2) is 0 Å². The second kappa shape index (κ2) is 8.96. The van der Waals surface area contributed by atoms with E-state index in [1.54, 1.807) is 25.2 Å². The number of hydrogen-bond acceptors (Lipinski definition) is 6. The molecule has 0 aliphatic rings. The highest BCUT2D eigenvalue weighted by Gasteiger charge is 2.23. The molecule has 0 atom stereocenters. The van der Waals surface area contributed by atoms with Crippen LogP contribution in [0.3, 0.4) is 0 Å². The fourth-order valence-corrected chi connectivity index (χ4v) is 4.85. The van der Waals surface area contributed by atoms with Crippen molar-refractivity contribution in [2.45, 2.75) is 4.90 Å². The summed E-state index contributed by atoms with van der Waals surface area (Å²) in [5.74, 6) is 0.348. The van der Waals surface area contributed by atoms with Gasteiger partial charge < -0.3 is 0 Å². The van der Waals surface area contributed by atoms with Crippen molar-refractivity contribution in [3.05, 3.63) is 72.8 Å². The third-order valence-corrected chi connectivity index (χ3v) is 7.80. The number of hydrogen-bond donors (Lipinski definition) is 0. The number of sulfonamides is 1. The Bertz CT molecular complexity index is 1340. The Hall–Kier alpha value is -2.83. The first-order valence-electron chi connectivity index (χ1n) is 9.70. The second-order valence-electron chi connectivity index (χ2n) is 7.26. The highest BCUT2D eigenvalue weighted by Crippen LogP contribution is 2.38. The van der Waals surface area contributed by atoms with E-state index in [0.29, 0.717) is 11.4 Å². The summed E-state index contributed by atoms with van der Waals surface area (Å²) in [6.45, 7) is 0. The predicted octanol–water partition coefficient (Wildman–Crippen LogP) is 4.28. The van der Waals surface area contributed by atoms with E-state index in [9.17, 15) is 8.42 Å². The molecule has 1 heterocycles. The molecule has 10 heteroatoms. The molecular weight excluding hydrogens is 539 g/mol. The standard InChI is InChI=1S/C22H21IN6O2S/c1-27(2)32(30,31)19-13-14-21(20(15-19)22-24-26-28(3)25-22)29(23)18-11-9-17(10-12-18)16-7-5-4-6-8-16/h4-15H,1-3H3. The zero-order valence-electron chi connectivity index (χ0n) is 17.7. The summed E-state index contributed by atoms with van der Waals surface area (Å²) in [7, 11) is 1.06. The summed E-state index contributed by atoms with van der Waals surface area (Å²) in [5.41, 5.74) is 4.51. The summed E-state index contributed by atoms with van der Waals surface area (Å²) in [6, 6.07) is 23.3. The van der Waals surface area contributed by atoms with E-state index in [1.165, 1.54) is 23.2 Å². The number of aromatic nitrogens is 4. The average Bonchev–Trinajstić information content (AvgIpc) is 3.25. The largest absolute Gasteiger partial charge is 0.282 e. The summed E-state index contributed by atoms with van der Waals surface area (Å²) in [4.78, 5) is 1.51. The molecule has 164 valence electrons. The highest BCUT2D eigenvalue weighted by atomic mass is 127. The molecule has 0 saturated heterocycles. The summed E-state index contributed by atoms with van der Waals surface area (Å²) >= 11 is 2.20. The Balaban J connectivity index is 1.77. The van der Waals surface area contributed by atoms with Crippen LogP contribution in [0.4, 0.5) is 11.4 Å². The van der Waals surface area contributed by atoms with E-state index < -0.39 is 10.0 Å². The van der Waals surface area contributed by atoms with Crippen molar-refractivity contribution in [3.8, 4) is 22.5 Å². The van der Waals surface area contributed by atoms with E-state index in [4.69, 9.17) is 0 Å².